The number of nitrogens with zero attached hydrogens (tertiary/aromatic N) is 2. The van der Waals surface area contributed by atoms with Crippen LogP contribution in [0.15, 0.2) is 65.6 Å². The lowest BCUT2D eigenvalue weighted by Gasteiger charge is -2.24. The molecule has 0 unspecified atom stereocenters. The molecule has 0 aliphatic carbocycles. The van der Waals surface area contributed by atoms with Gasteiger partial charge in [0.1, 0.15) is 24.7 Å². The van der Waals surface area contributed by atoms with E-state index in [4.69, 9.17) is 16.3 Å². The Balaban J connectivity index is 1.50. The van der Waals surface area contributed by atoms with E-state index < -0.39 is 0 Å². The van der Waals surface area contributed by atoms with Crippen molar-refractivity contribution >= 4 is 17.3 Å². The van der Waals surface area contributed by atoms with Gasteiger partial charge in [-0.2, -0.15) is 9.78 Å². The number of rotatable bonds is 6. The highest BCUT2D eigenvalue weighted by Crippen LogP contribution is 2.18. The Morgan fingerprint density at radius 3 is 2.48 bits per heavy atom. The first-order valence-electron chi connectivity index (χ1n) is 9.77. The zero-order valence-corrected chi connectivity index (χ0v) is 16.9. The van der Waals surface area contributed by atoms with Gasteiger partial charge in [0.25, 0.3) is 5.56 Å². The van der Waals surface area contributed by atoms with Gasteiger partial charge in [-0.1, -0.05) is 54.1 Å². The van der Waals surface area contributed by atoms with E-state index in [0.29, 0.717) is 17.9 Å². The molecular formula is C22H24ClN4O2+. The molecule has 0 amide bonds. The van der Waals surface area contributed by atoms with E-state index in [0.717, 1.165) is 32.8 Å². The van der Waals surface area contributed by atoms with Gasteiger partial charge in [-0.05, 0) is 17.7 Å². The van der Waals surface area contributed by atoms with Crippen molar-refractivity contribution in [1.29, 1.82) is 0 Å². The van der Waals surface area contributed by atoms with Crippen LogP contribution in [0.4, 0.5) is 5.69 Å². The molecule has 29 heavy (non-hydrogen) atoms. The van der Waals surface area contributed by atoms with Crippen LogP contribution in [0.3, 0.4) is 0 Å². The summed E-state index contributed by atoms with van der Waals surface area (Å²) >= 11 is 6.36. The van der Waals surface area contributed by atoms with Gasteiger partial charge < -0.3 is 15.0 Å². The molecule has 0 bridgehead atoms. The summed E-state index contributed by atoms with van der Waals surface area (Å²) in [5.41, 5.74) is 3.37. The molecule has 1 aliphatic heterocycles. The van der Waals surface area contributed by atoms with Crippen LogP contribution in [0, 0.1) is 0 Å². The smallest absolute Gasteiger partial charge is 0.292 e. The minimum absolute atomic E-state index is 0.139. The maximum absolute atomic E-state index is 12.6. The highest BCUT2D eigenvalue weighted by Gasteiger charge is 2.16. The number of morpholine rings is 1. The van der Waals surface area contributed by atoms with Crippen LogP contribution >= 0.6 is 11.6 Å². The summed E-state index contributed by atoms with van der Waals surface area (Å²) in [4.78, 5) is 14.2. The number of hydrogen-bond acceptors (Lipinski definition) is 4. The van der Waals surface area contributed by atoms with Crippen molar-refractivity contribution in [3.05, 3.63) is 87.3 Å². The zero-order chi connectivity index (χ0) is 20.1. The Morgan fingerprint density at radius 1 is 1.03 bits per heavy atom. The van der Waals surface area contributed by atoms with E-state index in [2.05, 4.69) is 28.6 Å². The standard InChI is InChI=1S/C22H23ClN4O2/c23-21-20(15-25-27(22(21)28)19-8-2-1-3-9-19)24-14-17-6-4-5-7-18(17)16-26-10-12-29-13-11-26/h1-9,15,24H,10-14,16H2/p+1. The molecule has 2 N–H and O–H groups in total. The van der Waals surface area contributed by atoms with Crippen molar-refractivity contribution in [3.8, 4) is 5.69 Å². The van der Waals surface area contributed by atoms with E-state index in [1.165, 1.54) is 20.7 Å². The fraction of sp³-hybridized carbons (Fsp3) is 0.273. The number of halogens is 1. The lowest BCUT2D eigenvalue weighted by atomic mass is 10.1. The van der Waals surface area contributed by atoms with Gasteiger partial charge in [-0.3, -0.25) is 4.79 Å². The van der Waals surface area contributed by atoms with E-state index in [1.807, 2.05) is 36.4 Å². The second-order valence-electron chi connectivity index (χ2n) is 7.09. The minimum atomic E-state index is -0.339. The van der Waals surface area contributed by atoms with Crippen LogP contribution in [-0.4, -0.2) is 36.1 Å². The first-order chi connectivity index (χ1) is 14.2. The van der Waals surface area contributed by atoms with Gasteiger partial charge in [0.2, 0.25) is 0 Å². The molecule has 0 saturated carbocycles. The second kappa shape index (κ2) is 9.22. The molecule has 0 atom stereocenters. The van der Waals surface area contributed by atoms with E-state index in [1.54, 1.807) is 6.20 Å². The van der Waals surface area contributed by atoms with Gasteiger partial charge in [0.05, 0.1) is 30.8 Å². The van der Waals surface area contributed by atoms with Crippen molar-refractivity contribution in [2.24, 2.45) is 0 Å². The summed E-state index contributed by atoms with van der Waals surface area (Å²) < 4.78 is 6.76. The SMILES string of the molecule is O=c1c(Cl)c(NCc2ccccc2C[NH+]2CCOCC2)cnn1-c1ccccc1. The molecule has 7 heteroatoms. The summed E-state index contributed by atoms with van der Waals surface area (Å²) in [5, 5.41) is 7.70. The van der Waals surface area contributed by atoms with E-state index in [-0.39, 0.29) is 10.6 Å². The van der Waals surface area contributed by atoms with Gasteiger partial charge in [-0.15, -0.1) is 0 Å². The number of quaternary nitrogens is 1. The molecule has 0 radical (unpaired) electrons. The Morgan fingerprint density at radius 2 is 1.72 bits per heavy atom. The fourth-order valence-electron chi connectivity index (χ4n) is 3.51. The molecule has 4 rings (SSSR count). The Kier molecular flexibility index (Phi) is 6.24. The van der Waals surface area contributed by atoms with Crippen LogP contribution in [0.25, 0.3) is 5.69 Å². The molecule has 0 spiro atoms. The van der Waals surface area contributed by atoms with Crippen LogP contribution < -0.4 is 15.8 Å². The number of aromatic nitrogens is 2. The van der Waals surface area contributed by atoms with Crippen molar-refractivity contribution < 1.29 is 9.64 Å². The minimum Gasteiger partial charge on any atom is -0.378 e. The molecule has 3 aromatic rings. The molecule has 150 valence electrons. The quantitative estimate of drug-likeness (QED) is 0.650. The number of nitrogens with one attached hydrogen (secondary N) is 2. The van der Waals surface area contributed by atoms with Crippen molar-refractivity contribution in [3.63, 3.8) is 0 Å². The number of ether oxygens (including phenoxy) is 1. The maximum atomic E-state index is 12.6. The highest BCUT2D eigenvalue weighted by molar-refractivity contribution is 6.32. The molecule has 1 aliphatic rings. The summed E-state index contributed by atoms with van der Waals surface area (Å²) in [5.74, 6) is 0. The Labute approximate surface area is 174 Å². The predicted octanol–water partition coefficient (Wildman–Crippen LogP) is 1.91. The number of para-hydroxylation sites is 1. The third-order valence-electron chi connectivity index (χ3n) is 5.15. The van der Waals surface area contributed by atoms with E-state index >= 15 is 0 Å². The molecule has 1 saturated heterocycles. The van der Waals surface area contributed by atoms with Crippen molar-refractivity contribution in [2.75, 3.05) is 31.6 Å². The maximum Gasteiger partial charge on any atom is 0.292 e. The Hall–Kier alpha value is -2.67. The summed E-state index contributed by atoms with van der Waals surface area (Å²) in [6.45, 7) is 5.22. The molecular weight excluding hydrogens is 388 g/mol. The third-order valence-corrected chi connectivity index (χ3v) is 5.51. The second-order valence-corrected chi connectivity index (χ2v) is 7.46. The molecule has 1 aromatic heterocycles. The third kappa shape index (κ3) is 4.67. The predicted molar refractivity (Wildman–Crippen MR) is 114 cm³/mol. The first kappa shape index (κ1) is 19.6. The highest BCUT2D eigenvalue weighted by atomic mass is 35.5. The molecule has 2 heterocycles. The summed E-state index contributed by atoms with van der Waals surface area (Å²) in [7, 11) is 0. The average Bonchev–Trinajstić information content (AvgIpc) is 2.77. The van der Waals surface area contributed by atoms with Gasteiger partial charge in [0.15, 0.2) is 0 Å². The molecule has 1 fully saturated rings. The topological polar surface area (TPSA) is 60.6 Å². The van der Waals surface area contributed by atoms with Crippen LogP contribution in [0.2, 0.25) is 5.02 Å². The average molecular weight is 412 g/mol. The van der Waals surface area contributed by atoms with Gasteiger partial charge in [0, 0.05) is 12.1 Å². The lowest BCUT2D eigenvalue weighted by Crippen LogP contribution is -3.12. The monoisotopic (exact) mass is 411 g/mol. The van der Waals surface area contributed by atoms with Gasteiger partial charge in [-0.25, -0.2) is 0 Å². The summed E-state index contributed by atoms with van der Waals surface area (Å²) in [6, 6.07) is 17.6. The first-order valence-corrected chi connectivity index (χ1v) is 10.2. The number of anilines is 1. The largest absolute Gasteiger partial charge is 0.378 e. The zero-order valence-electron chi connectivity index (χ0n) is 16.1. The van der Waals surface area contributed by atoms with Crippen molar-refractivity contribution in [2.45, 2.75) is 13.1 Å². The van der Waals surface area contributed by atoms with Crippen LogP contribution in [-0.2, 0) is 17.8 Å². The van der Waals surface area contributed by atoms with Gasteiger partial charge >= 0.3 is 0 Å². The fourth-order valence-corrected chi connectivity index (χ4v) is 3.70. The normalized spacial score (nSPS) is 14.7. The van der Waals surface area contributed by atoms with Crippen LogP contribution in [0.1, 0.15) is 11.1 Å². The Bertz CT molecular complexity index is 1020. The number of benzene rings is 2. The van der Waals surface area contributed by atoms with Crippen molar-refractivity contribution in [1.82, 2.24) is 9.78 Å². The van der Waals surface area contributed by atoms with E-state index in [9.17, 15) is 4.79 Å². The van der Waals surface area contributed by atoms with Crippen LogP contribution in [0.5, 0.6) is 0 Å². The lowest BCUT2D eigenvalue weighted by molar-refractivity contribution is -0.921. The number of hydrogen-bond donors (Lipinski definition) is 2. The molecule has 2 aromatic carbocycles. The summed E-state index contributed by atoms with van der Waals surface area (Å²) in [6.07, 6.45) is 1.60. The molecule has 6 nitrogen and oxygen atoms in total.